The molecule has 0 atom stereocenters. The second-order valence-corrected chi connectivity index (χ2v) is 2.39. The topological polar surface area (TPSA) is 22.1 Å². The molecule has 1 heterocycles. The van der Waals surface area contributed by atoms with Gasteiger partial charge in [-0.1, -0.05) is 17.7 Å². The van der Waals surface area contributed by atoms with E-state index in [0.717, 1.165) is 0 Å². The fraction of sp³-hybridized carbons (Fsp3) is 0.286. The predicted molar refractivity (Wildman–Crippen MR) is 40.7 cm³/mol. The van der Waals surface area contributed by atoms with Crippen molar-refractivity contribution in [3.05, 3.63) is 23.4 Å². The molecule has 0 aliphatic rings. The third-order valence-electron chi connectivity index (χ3n) is 1.05. The predicted octanol–water partition coefficient (Wildman–Crippen LogP) is 2.38. The van der Waals surface area contributed by atoms with E-state index in [1.54, 1.807) is 6.07 Å². The molecule has 0 spiro atoms. The van der Waals surface area contributed by atoms with Gasteiger partial charge in [-0.2, -0.15) is 0 Å². The number of halogens is 3. The Morgan fingerprint density at radius 1 is 1.50 bits per heavy atom. The molecule has 0 fully saturated rings. The molecule has 0 saturated heterocycles. The lowest BCUT2D eigenvalue weighted by molar-refractivity contribution is 0.0796. The van der Waals surface area contributed by atoms with E-state index in [4.69, 9.17) is 11.6 Å². The summed E-state index contributed by atoms with van der Waals surface area (Å²) in [5.74, 6) is 0.114. The van der Waals surface area contributed by atoms with Crippen LogP contribution in [0, 0.1) is 0 Å². The molecule has 2 nitrogen and oxygen atoms in total. The van der Waals surface area contributed by atoms with Crippen LogP contribution in [0.1, 0.15) is 0 Å². The Kier molecular flexibility index (Phi) is 3.22. The van der Waals surface area contributed by atoms with Crippen LogP contribution in [-0.4, -0.2) is 18.0 Å². The highest BCUT2D eigenvalue weighted by Crippen LogP contribution is 2.11. The number of pyridine rings is 1. The maximum Gasteiger partial charge on any atom is 0.272 e. The van der Waals surface area contributed by atoms with Crippen LogP contribution in [0.15, 0.2) is 18.2 Å². The summed E-state index contributed by atoms with van der Waals surface area (Å²) < 4.78 is 27.9. The Morgan fingerprint density at radius 3 is 2.83 bits per heavy atom. The Balaban J connectivity index is 2.52. The van der Waals surface area contributed by atoms with Gasteiger partial charge in [0, 0.05) is 6.07 Å². The fourth-order valence-electron chi connectivity index (χ4n) is 0.618. The van der Waals surface area contributed by atoms with Crippen LogP contribution in [0.25, 0.3) is 0 Å². The van der Waals surface area contributed by atoms with Gasteiger partial charge in [-0.25, -0.2) is 13.8 Å². The lowest BCUT2D eigenvalue weighted by Crippen LogP contribution is -2.07. The highest BCUT2D eigenvalue weighted by molar-refractivity contribution is 6.29. The molecular formula is C7H6ClF2NO. The average Bonchev–Trinajstić information content (AvgIpc) is 2.01. The molecule has 0 aromatic carbocycles. The minimum atomic E-state index is -2.49. The van der Waals surface area contributed by atoms with Crippen LogP contribution in [0.5, 0.6) is 5.88 Å². The van der Waals surface area contributed by atoms with Crippen LogP contribution < -0.4 is 4.74 Å². The van der Waals surface area contributed by atoms with Crippen molar-refractivity contribution < 1.29 is 13.5 Å². The number of hydrogen-bond acceptors (Lipinski definition) is 2. The van der Waals surface area contributed by atoms with Crippen LogP contribution in [0.4, 0.5) is 8.78 Å². The zero-order valence-corrected chi connectivity index (χ0v) is 6.76. The normalized spacial score (nSPS) is 10.3. The summed E-state index contributed by atoms with van der Waals surface area (Å²) in [6.07, 6.45) is -2.49. The van der Waals surface area contributed by atoms with Crippen molar-refractivity contribution in [3.8, 4) is 5.88 Å². The molecule has 0 radical (unpaired) electrons. The summed E-state index contributed by atoms with van der Waals surface area (Å²) in [5.41, 5.74) is 0. The maximum atomic E-state index is 11.6. The maximum absolute atomic E-state index is 11.6. The highest BCUT2D eigenvalue weighted by atomic mass is 35.5. The summed E-state index contributed by atoms with van der Waals surface area (Å²) in [6, 6.07) is 4.58. The Bertz CT molecular complexity index is 257. The first kappa shape index (κ1) is 9.19. The minimum absolute atomic E-state index is 0.114. The van der Waals surface area contributed by atoms with E-state index in [2.05, 4.69) is 9.72 Å². The summed E-state index contributed by atoms with van der Waals surface area (Å²) >= 11 is 5.48. The summed E-state index contributed by atoms with van der Waals surface area (Å²) in [5, 5.41) is 0.224. The highest BCUT2D eigenvalue weighted by Gasteiger charge is 2.03. The fourth-order valence-corrected chi connectivity index (χ4v) is 0.774. The van der Waals surface area contributed by atoms with E-state index in [1.807, 2.05) is 0 Å². The van der Waals surface area contributed by atoms with Crippen LogP contribution in [-0.2, 0) is 0 Å². The van der Waals surface area contributed by atoms with Crippen molar-refractivity contribution >= 4 is 11.6 Å². The molecular weight excluding hydrogens is 188 g/mol. The Labute approximate surface area is 73.1 Å². The molecule has 0 aliphatic heterocycles. The minimum Gasteiger partial charge on any atom is -0.472 e. The lowest BCUT2D eigenvalue weighted by Gasteiger charge is -2.03. The van der Waals surface area contributed by atoms with Gasteiger partial charge in [0.25, 0.3) is 6.43 Å². The molecule has 1 aromatic rings. The van der Waals surface area contributed by atoms with E-state index < -0.39 is 13.0 Å². The van der Waals surface area contributed by atoms with Crippen LogP contribution in [0.2, 0.25) is 5.15 Å². The third-order valence-corrected chi connectivity index (χ3v) is 1.26. The number of ether oxygens (including phenoxy) is 1. The number of aromatic nitrogens is 1. The van der Waals surface area contributed by atoms with Crippen molar-refractivity contribution in [2.75, 3.05) is 6.61 Å². The molecule has 1 aromatic heterocycles. The molecule has 1 rings (SSSR count). The van der Waals surface area contributed by atoms with Crippen molar-refractivity contribution in [3.63, 3.8) is 0 Å². The van der Waals surface area contributed by atoms with Crippen molar-refractivity contribution in [2.45, 2.75) is 6.43 Å². The smallest absolute Gasteiger partial charge is 0.272 e. The van der Waals surface area contributed by atoms with E-state index >= 15 is 0 Å². The van der Waals surface area contributed by atoms with Crippen molar-refractivity contribution in [1.29, 1.82) is 0 Å². The molecule has 66 valence electrons. The monoisotopic (exact) mass is 193 g/mol. The largest absolute Gasteiger partial charge is 0.472 e. The molecule has 12 heavy (non-hydrogen) atoms. The van der Waals surface area contributed by atoms with Gasteiger partial charge in [-0.05, 0) is 6.07 Å². The van der Waals surface area contributed by atoms with Gasteiger partial charge in [0.05, 0.1) is 0 Å². The van der Waals surface area contributed by atoms with E-state index in [1.165, 1.54) is 12.1 Å². The van der Waals surface area contributed by atoms with Crippen molar-refractivity contribution in [1.82, 2.24) is 4.98 Å². The standard InChI is InChI=1S/C7H6ClF2NO/c8-5-2-1-3-7(11-5)12-4-6(9)10/h1-3,6H,4H2. The molecule has 5 heteroatoms. The zero-order chi connectivity index (χ0) is 8.97. The van der Waals surface area contributed by atoms with Crippen molar-refractivity contribution in [2.24, 2.45) is 0 Å². The SMILES string of the molecule is FC(F)COc1cccc(Cl)n1. The summed E-state index contributed by atoms with van der Waals surface area (Å²) in [7, 11) is 0. The molecule has 0 amide bonds. The first-order valence-electron chi connectivity index (χ1n) is 3.22. The quantitative estimate of drug-likeness (QED) is 0.688. The Hall–Kier alpha value is -0.900. The number of rotatable bonds is 3. The average molecular weight is 194 g/mol. The molecule has 0 bridgehead atoms. The first-order chi connectivity index (χ1) is 5.68. The van der Waals surface area contributed by atoms with Gasteiger partial charge in [0.1, 0.15) is 5.15 Å². The van der Waals surface area contributed by atoms with Gasteiger partial charge in [-0.3, -0.25) is 0 Å². The number of nitrogens with zero attached hydrogens (tertiary/aromatic N) is 1. The van der Waals surface area contributed by atoms with Gasteiger partial charge < -0.3 is 4.74 Å². The number of alkyl halides is 2. The third kappa shape index (κ3) is 3.00. The Morgan fingerprint density at radius 2 is 2.25 bits per heavy atom. The lowest BCUT2D eigenvalue weighted by atomic mass is 10.5. The van der Waals surface area contributed by atoms with Gasteiger partial charge >= 0.3 is 0 Å². The zero-order valence-electron chi connectivity index (χ0n) is 6.01. The first-order valence-corrected chi connectivity index (χ1v) is 3.60. The van der Waals surface area contributed by atoms with Gasteiger partial charge in [0.2, 0.25) is 5.88 Å². The summed E-state index contributed by atoms with van der Waals surface area (Å²) in [6.45, 7) is -0.659. The summed E-state index contributed by atoms with van der Waals surface area (Å²) in [4.78, 5) is 3.66. The second-order valence-electron chi connectivity index (χ2n) is 2.00. The molecule has 0 N–H and O–H groups in total. The van der Waals surface area contributed by atoms with Crippen LogP contribution >= 0.6 is 11.6 Å². The molecule has 0 saturated carbocycles. The van der Waals surface area contributed by atoms with E-state index in [0.29, 0.717) is 0 Å². The second kappa shape index (κ2) is 4.21. The van der Waals surface area contributed by atoms with Gasteiger partial charge in [-0.15, -0.1) is 0 Å². The molecule has 0 aliphatic carbocycles. The van der Waals surface area contributed by atoms with Crippen LogP contribution in [0.3, 0.4) is 0 Å². The number of hydrogen-bond donors (Lipinski definition) is 0. The van der Waals surface area contributed by atoms with E-state index in [-0.39, 0.29) is 11.0 Å². The van der Waals surface area contributed by atoms with Gasteiger partial charge in [0.15, 0.2) is 6.61 Å². The van der Waals surface area contributed by atoms with E-state index in [9.17, 15) is 8.78 Å². The molecule has 0 unspecified atom stereocenters.